The molecule has 0 saturated heterocycles. The number of Topliss-reactive ketones (excluding diaryl/α,β-unsaturated/α-hetero) is 4. The van der Waals surface area contributed by atoms with Crippen LogP contribution in [-0.2, 0) is 25.6 Å². The van der Waals surface area contributed by atoms with Gasteiger partial charge in [-0.1, -0.05) is 18.2 Å². The number of amides is 1. The van der Waals surface area contributed by atoms with Crippen LogP contribution in [0.5, 0.6) is 5.75 Å². The monoisotopic (exact) mass is 546 g/mol. The molecule has 3 aliphatic carbocycles. The van der Waals surface area contributed by atoms with Crippen molar-refractivity contribution >= 4 is 41.1 Å². The van der Waals surface area contributed by atoms with E-state index in [1.54, 1.807) is 33.5 Å². The Morgan fingerprint density at radius 3 is 2.38 bits per heavy atom. The first kappa shape index (κ1) is 27.4. The first-order valence-electron chi connectivity index (χ1n) is 12.9. The van der Waals surface area contributed by atoms with E-state index in [1.165, 1.54) is 11.0 Å². The van der Waals surface area contributed by atoms with Crippen LogP contribution >= 0.6 is 0 Å². The fourth-order valence-corrected chi connectivity index (χ4v) is 6.76. The van der Waals surface area contributed by atoms with Crippen molar-refractivity contribution in [2.75, 3.05) is 26.5 Å². The second kappa shape index (κ2) is 9.76. The molecule has 0 spiro atoms. The highest BCUT2D eigenvalue weighted by Gasteiger charge is 2.69. The summed E-state index contributed by atoms with van der Waals surface area (Å²) < 4.78 is 0. The van der Waals surface area contributed by atoms with Gasteiger partial charge in [0, 0.05) is 18.7 Å². The third kappa shape index (κ3) is 3.88. The van der Waals surface area contributed by atoms with Gasteiger partial charge in [0.2, 0.25) is 5.91 Å². The number of carbonyl (C=O) groups is 5. The summed E-state index contributed by atoms with van der Waals surface area (Å²) in [6, 6.07) is 9.31. The largest absolute Gasteiger partial charge is 0.507 e. The minimum atomic E-state index is -2.74. The van der Waals surface area contributed by atoms with E-state index in [1.807, 2.05) is 24.3 Å². The lowest BCUT2D eigenvalue weighted by Crippen LogP contribution is -2.74. The Morgan fingerprint density at radius 1 is 1.10 bits per heavy atom. The third-order valence-electron chi connectivity index (χ3n) is 8.50. The lowest BCUT2D eigenvalue weighted by atomic mass is 9.52. The number of phenolic OH excluding ortho intramolecular Hbond substituents is 1. The first-order chi connectivity index (χ1) is 18.9. The van der Waals surface area contributed by atoms with Crippen LogP contribution in [0.4, 0.5) is 5.69 Å². The lowest BCUT2D eigenvalue weighted by molar-refractivity contribution is -0.181. The topological polar surface area (TPSA) is 179 Å². The number of anilines is 1. The van der Waals surface area contributed by atoms with Crippen molar-refractivity contribution < 1.29 is 34.2 Å². The molecule has 0 bridgehead atoms. The minimum Gasteiger partial charge on any atom is -0.507 e. The Hall–Kier alpha value is -4.22. The highest BCUT2D eigenvalue weighted by atomic mass is 16.3. The van der Waals surface area contributed by atoms with E-state index < -0.39 is 64.4 Å². The number of aromatic hydroxyl groups is 1. The summed E-state index contributed by atoms with van der Waals surface area (Å²) in [5.41, 5.74) is 5.39. The van der Waals surface area contributed by atoms with Crippen LogP contribution in [0.1, 0.15) is 22.3 Å². The van der Waals surface area contributed by atoms with Crippen molar-refractivity contribution in [2.24, 2.45) is 34.4 Å². The zero-order valence-electron chi connectivity index (χ0n) is 22.2. The van der Waals surface area contributed by atoms with E-state index in [4.69, 9.17) is 5.73 Å². The van der Waals surface area contributed by atoms with Gasteiger partial charge in [0.05, 0.1) is 23.9 Å². The van der Waals surface area contributed by atoms with Crippen LogP contribution in [0, 0.1) is 23.7 Å². The van der Waals surface area contributed by atoms with Crippen LogP contribution in [0.2, 0.25) is 0 Å². The molecule has 0 heterocycles. The van der Waals surface area contributed by atoms with Crippen molar-refractivity contribution in [3.63, 3.8) is 0 Å². The van der Waals surface area contributed by atoms with Gasteiger partial charge in [0.15, 0.2) is 34.7 Å². The highest BCUT2D eigenvalue weighted by Crippen LogP contribution is 2.51. The SMILES string of the molecule is CN=CNc1ccc(-c2ccc(O)c3c2C[C@H]2C[C@H]4[C@H](N(C)C)C(=O)C(C(N)=O)C(=O)[C@@]4(O)C(=O)C2C3=O)cc1. The van der Waals surface area contributed by atoms with Crippen LogP contribution in [0.15, 0.2) is 41.4 Å². The number of primary amides is 1. The normalized spacial score (nSPS) is 29.8. The minimum absolute atomic E-state index is 0.00178. The molecule has 2 aromatic rings. The molecule has 11 heteroatoms. The van der Waals surface area contributed by atoms with Crippen molar-refractivity contribution in [3.05, 3.63) is 47.5 Å². The first-order valence-corrected chi connectivity index (χ1v) is 12.9. The van der Waals surface area contributed by atoms with Crippen LogP contribution in [0.3, 0.4) is 0 Å². The Kier molecular flexibility index (Phi) is 6.67. The Labute approximate surface area is 230 Å². The molecule has 6 atom stereocenters. The summed E-state index contributed by atoms with van der Waals surface area (Å²) in [5, 5.41) is 25.4. The van der Waals surface area contributed by atoms with Crippen molar-refractivity contribution in [1.82, 2.24) is 4.90 Å². The Morgan fingerprint density at radius 2 is 1.77 bits per heavy atom. The maximum Gasteiger partial charge on any atom is 0.235 e. The maximum absolute atomic E-state index is 13.9. The predicted molar refractivity (Wildman–Crippen MR) is 145 cm³/mol. The number of aliphatic hydroxyl groups is 1. The van der Waals surface area contributed by atoms with E-state index in [9.17, 15) is 34.2 Å². The molecule has 2 aromatic carbocycles. The number of aliphatic imine (C=N–C) groups is 1. The maximum atomic E-state index is 13.9. The molecule has 208 valence electrons. The zero-order valence-corrected chi connectivity index (χ0v) is 22.2. The molecule has 0 aliphatic heterocycles. The summed E-state index contributed by atoms with van der Waals surface area (Å²) in [6.45, 7) is 0. The van der Waals surface area contributed by atoms with Crippen molar-refractivity contribution in [1.29, 1.82) is 0 Å². The van der Waals surface area contributed by atoms with Crippen LogP contribution in [0.25, 0.3) is 11.1 Å². The number of ketones is 4. The molecule has 1 amide bonds. The molecule has 5 N–H and O–H groups in total. The number of hydrogen-bond acceptors (Lipinski definition) is 9. The molecule has 0 radical (unpaired) electrons. The van der Waals surface area contributed by atoms with Gasteiger partial charge in [0.1, 0.15) is 5.75 Å². The molecule has 2 fully saturated rings. The summed E-state index contributed by atoms with van der Waals surface area (Å²) in [7, 11) is 4.74. The predicted octanol–water partition coefficient (Wildman–Crippen LogP) is 0.604. The van der Waals surface area contributed by atoms with E-state index in [-0.39, 0.29) is 24.2 Å². The second-order valence-corrected chi connectivity index (χ2v) is 10.9. The number of benzene rings is 2. The number of carbonyl (C=O) groups excluding carboxylic acids is 5. The standard InChI is InChI=1S/C29H30N4O7/c1-31-12-32-15-6-4-13(5-7-15)16-8-9-19(34)21-17(16)10-14-11-18-23(33(2)3)25(36)22(28(30)39)27(38)29(18,40)26(37)20(14)24(21)35/h4-9,12,14,18,20,22-23,34,40H,10-11H2,1-3H3,(H2,30,39)(H,31,32)/t14-,18-,20?,22?,23-,29-/m0/s1. The van der Waals surface area contributed by atoms with Crippen molar-refractivity contribution in [3.8, 4) is 16.9 Å². The number of likely N-dealkylation sites (N-methyl/N-ethyl adjacent to an activating group) is 1. The zero-order chi connectivity index (χ0) is 29.1. The Bertz CT molecular complexity index is 1480. The number of nitrogens with zero attached hydrogens (tertiary/aromatic N) is 2. The van der Waals surface area contributed by atoms with Gasteiger partial charge in [0.25, 0.3) is 0 Å². The molecule has 5 rings (SSSR count). The average Bonchev–Trinajstić information content (AvgIpc) is 2.89. The fraction of sp³-hybridized carbons (Fsp3) is 0.379. The smallest absolute Gasteiger partial charge is 0.235 e. The van der Waals surface area contributed by atoms with Gasteiger partial charge < -0.3 is 21.3 Å². The molecule has 0 aromatic heterocycles. The molecule has 2 saturated carbocycles. The van der Waals surface area contributed by atoms with Gasteiger partial charge in [-0.2, -0.15) is 0 Å². The van der Waals surface area contributed by atoms with E-state index in [0.29, 0.717) is 11.1 Å². The van der Waals surface area contributed by atoms with Gasteiger partial charge in [-0.3, -0.25) is 33.9 Å². The van der Waals surface area contributed by atoms with Gasteiger partial charge in [-0.15, -0.1) is 0 Å². The second-order valence-electron chi connectivity index (χ2n) is 10.9. The number of nitrogens with one attached hydrogen (secondary N) is 1. The molecular weight excluding hydrogens is 516 g/mol. The number of hydrogen-bond donors (Lipinski definition) is 4. The molecule has 2 unspecified atom stereocenters. The summed E-state index contributed by atoms with van der Waals surface area (Å²) in [5.74, 6) is -10.6. The highest BCUT2D eigenvalue weighted by molar-refractivity contribution is 6.32. The third-order valence-corrected chi connectivity index (χ3v) is 8.50. The van der Waals surface area contributed by atoms with E-state index in [0.717, 1.165) is 11.3 Å². The number of rotatable bonds is 5. The van der Waals surface area contributed by atoms with Gasteiger partial charge in [-0.25, -0.2) is 0 Å². The van der Waals surface area contributed by atoms with E-state index >= 15 is 0 Å². The van der Waals surface area contributed by atoms with Gasteiger partial charge >= 0.3 is 0 Å². The molecular formula is C29H30N4O7. The number of nitrogens with two attached hydrogens (primary N) is 1. The van der Waals surface area contributed by atoms with Gasteiger partial charge in [-0.05, 0) is 67.7 Å². The van der Waals surface area contributed by atoms with Crippen molar-refractivity contribution in [2.45, 2.75) is 24.5 Å². The average molecular weight is 547 g/mol. The van der Waals surface area contributed by atoms with Crippen LogP contribution < -0.4 is 11.1 Å². The molecule has 40 heavy (non-hydrogen) atoms. The summed E-state index contributed by atoms with van der Waals surface area (Å²) in [4.78, 5) is 71.8. The van der Waals surface area contributed by atoms with Crippen LogP contribution in [-0.4, -0.2) is 83.3 Å². The quantitative estimate of drug-likeness (QED) is 0.237. The summed E-state index contributed by atoms with van der Waals surface area (Å²) >= 11 is 0. The molecule has 11 nitrogen and oxygen atoms in total. The fourth-order valence-electron chi connectivity index (χ4n) is 6.76. The summed E-state index contributed by atoms with van der Waals surface area (Å²) in [6.07, 6.45) is 1.74. The lowest BCUT2D eigenvalue weighted by Gasteiger charge is -2.52. The number of fused-ring (bicyclic) bond motifs is 3. The number of phenols is 1. The Balaban J connectivity index is 1.60. The van der Waals surface area contributed by atoms with E-state index in [2.05, 4.69) is 10.3 Å². The molecule has 3 aliphatic rings.